The van der Waals surface area contributed by atoms with Gasteiger partial charge in [-0.1, -0.05) is 12.8 Å². The van der Waals surface area contributed by atoms with Gasteiger partial charge in [0, 0.05) is 43.4 Å². The first-order valence-electron chi connectivity index (χ1n) is 9.39. The fourth-order valence-electron chi connectivity index (χ4n) is 4.56. The van der Waals surface area contributed by atoms with E-state index in [4.69, 9.17) is 0 Å². The van der Waals surface area contributed by atoms with E-state index in [0.717, 1.165) is 38.8 Å². The molecule has 3 atom stereocenters. The SMILES string of the molecule is O=C(NC1CCCC2CN(C(=O)Cn3cccc3)CC21)C1CCC1. The van der Waals surface area contributed by atoms with E-state index in [0.29, 0.717) is 18.4 Å². The van der Waals surface area contributed by atoms with E-state index >= 15 is 0 Å². The molecule has 2 heterocycles. The van der Waals surface area contributed by atoms with Crippen LogP contribution >= 0.6 is 0 Å². The molecule has 1 saturated heterocycles. The lowest BCUT2D eigenvalue weighted by Crippen LogP contribution is -2.48. The Morgan fingerprint density at radius 3 is 2.46 bits per heavy atom. The molecule has 2 aliphatic carbocycles. The molecule has 5 heteroatoms. The van der Waals surface area contributed by atoms with Gasteiger partial charge in [0.1, 0.15) is 6.54 Å². The Balaban J connectivity index is 1.36. The van der Waals surface area contributed by atoms with Gasteiger partial charge in [-0.25, -0.2) is 0 Å². The first-order chi connectivity index (χ1) is 11.7. The summed E-state index contributed by atoms with van der Waals surface area (Å²) in [5.74, 6) is 1.70. The molecule has 3 aliphatic rings. The van der Waals surface area contributed by atoms with Crippen LogP contribution in [0.4, 0.5) is 0 Å². The van der Waals surface area contributed by atoms with Gasteiger partial charge in [0.2, 0.25) is 11.8 Å². The molecular formula is C19H27N3O2. The van der Waals surface area contributed by atoms with Crippen molar-refractivity contribution < 1.29 is 9.59 Å². The average molecular weight is 329 g/mol. The molecule has 0 spiro atoms. The van der Waals surface area contributed by atoms with Crippen LogP contribution in [0.2, 0.25) is 0 Å². The second-order valence-electron chi connectivity index (χ2n) is 7.75. The summed E-state index contributed by atoms with van der Waals surface area (Å²) in [7, 11) is 0. The molecule has 4 rings (SSSR count). The topological polar surface area (TPSA) is 54.3 Å². The molecule has 0 bridgehead atoms. The zero-order valence-electron chi connectivity index (χ0n) is 14.2. The summed E-state index contributed by atoms with van der Waals surface area (Å²) in [6.45, 7) is 2.09. The first kappa shape index (κ1) is 15.7. The molecule has 0 aromatic carbocycles. The number of rotatable bonds is 4. The van der Waals surface area contributed by atoms with Gasteiger partial charge >= 0.3 is 0 Å². The average Bonchev–Trinajstić information content (AvgIpc) is 3.14. The van der Waals surface area contributed by atoms with E-state index in [1.165, 1.54) is 12.8 Å². The monoisotopic (exact) mass is 329 g/mol. The number of hydrogen-bond acceptors (Lipinski definition) is 2. The molecular weight excluding hydrogens is 302 g/mol. The highest BCUT2D eigenvalue weighted by Crippen LogP contribution is 2.37. The number of nitrogens with zero attached hydrogens (tertiary/aromatic N) is 2. The third-order valence-electron chi connectivity index (χ3n) is 6.24. The van der Waals surface area contributed by atoms with Crippen molar-refractivity contribution in [2.24, 2.45) is 17.8 Å². The Morgan fingerprint density at radius 1 is 1.00 bits per heavy atom. The van der Waals surface area contributed by atoms with Crippen molar-refractivity contribution in [3.05, 3.63) is 24.5 Å². The minimum atomic E-state index is 0.199. The van der Waals surface area contributed by atoms with Crippen molar-refractivity contribution in [2.75, 3.05) is 13.1 Å². The Hall–Kier alpha value is -1.78. The second-order valence-corrected chi connectivity index (χ2v) is 7.75. The summed E-state index contributed by atoms with van der Waals surface area (Å²) in [5.41, 5.74) is 0. The van der Waals surface area contributed by atoms with Crippen LogP contribution in [-0.2, 0) is 16.1 Å². The summed E-state index contributed by atoms with van der Waals surface area (Å²) < 4.78 is 1.93. The van der Waals surface area contributed by atoms with Crippen LogP contribution in [0.15, 0.2) is 24.5 Å². The fourth-order valence-corrected chi connectivity index (χ4v) is 4.56. The number of carbonyl (C=O) groups is 2. The number of amides is 2. The largest absolute Gasteiger partial charge is 0.353 e. The summed E-state index contributed by atoms with van der Waals surface area (Å²) in [4.78, 5) is 26.9. The van der Waals surface area contributed by atoms with E-state index in [9.17, 15) is 9.59 Å². The van der Waals surface area contributed by atoms with Crippen LogP contribution in [0.1, 0.15) is 38.5 Å². The molecule has 2 saturated carbocycles. The normalized spacial score (nSPS) is 29.8. The Labute approximate surface area is 143 Å². The van der Waals surface area contributed by atoms with Crippen molar-refractivity contribution >= 4 is 11.8 Å². The number of aromatic nitrogens is 1. The molecule has 24 heavy (non-hydrogen) atoms. The van der Waals surface area contributed by atoms with E-state index < -0.39 is 0 Å². The fraction of sp³-hybridized carbons (Fsp3) is 0.684. The molecule has 130 valence electrons. The molecule has 2 amide bonds. The van der Waals surface area contributed by atoms with Crippen LogP contribution in [0.5, 0.6) is 0 Å². The Kier molecular flexibility index (Phi) is 4.33. The van der Waals surface area contributed by atoms with Crippen LogP contribution < -0.4 is 5.32 Å². The van der Waals surface area contributed by atoms with E-state index in [2.05, 4.69) is 5.32 Å². The number of carbonyl (C=O) groups excluding carboxylic acids is 2. The summed E-state index contributed by atoms with van der Waals surface area (Å²) in [6.07, 6.45) is 10.6. The minimum Gasteiger partial charge on any atom is -0.353 e. The standard InChI is InChI=1S/C19H27N3O2/c23-18(13-21-9-1-2-10-21)22-11-15-7-4-8-17(16(15)12-22)20-19(24)14-5-3-6-14/h1-2,9-10,14-17H,3-8,11-13H2,(H,20,24). The molecule has 1 aromatic heterocycles. The molecule has 3 unspecified atom stereocenters. The first-order valence-corrected chi connectivity index (χ1v) is 9.39. The van der Waals surface area contributed by atoms with Crippen LogP contribution in [0.3, 0.4) is 0 Å². The number of fused-ring (bicyclic) bond motifs is 1. The highest BCUT2D eigenvalue weighted by atomic mass is 16.2. The van der Waals surface area contributed by atoms with E-state index in [1.807, 2.05) is 34.0 Å². The van der Waals surface area contributed by atoms with Gasteiger partial charge in [-0.3, -0.25) is 9.59 Å². The Morgan fingerprint density at radius 2 is 1.75 bits per heavy atom. The molecule has 1 aromatic rings. The third-order valence-corrected chi connectivity index (χ3v) is 6.24. The molecule has 3 fully saturated rings. The highest BCUT2D eigenvalue weighted by molar-refractivity contribution is 5.80. The predicted molar refractivity (Wildman–Crippen MR) is 91.1 cm³/mol. The van der Waals surface area contributed by atoms with Gasteiger partial charge in [0.25, 0.3) is 0 Å². The van der Waals surface area contributed by atoms with Gasteiger partial charge in [-0.15, -0.1) is 0 Å². The zero-order chi connectivity index (χ0) is 16.5. The predicted octanol–water partition coefficient (Wildman–Crippen LogP) is 2.03. The summed E-state index contributed by atoms with van der Waals surface area (Å²) in [5, 5.41) is 3.32. The van der Waals surface area contributed by atoms with Crippen molar-refractivity contribution in [1.82, 2.24) is 14.8 Å². The molecule has 0 radical (unpaired) electrons. The lowest BCUT2D eigenvalue weighted by molar-refractivity contribution is -0.131. The molecule has 5 nitrogen and oxygen atoms in total. The quantitative estimate of drug-likeness (QED) is 0.919. The van der Waals surface area contributed by atoms with Crippen molar-refractivity contribution in [3.8, 4) is 0 Å². The smallest absolute Gasteiger partial charge is 0.242 e. The van der Waals surface area contributed by atoms with Crippen molar-refractivity contribution in [2.45, 2.75) is 51.1 Å². The number of nitrogens with one attached hydrogen (secondary N) is 1. The third kappa shape index (κ3) is 3.08. The van der Waals surface area contributed by atoms with Crippen molar-refractivity contribution in [1.29, 1.82) is 0 Å². The summed E-state index contributed by atoms with van der Waals surface area (Å²) in [6, 6.07) is 4.16. The van der Waals surface area contributed by atoms with Gasteiger partial charge in [0.05, 0.1) is 0 Å². The summed E-state index contributed by atoms with van der Waals surface area (Å²) >= 11 is 0. The second kappa shape index (κ2) is 6.61. The van der Waals surface area contributed by atoms with Crippen LogP contribution in [0, 0.1) is 17.8 Å². The van der Waals surface area contributed by atoms with E-state index in [-0.39, 0.29) is 23.8 Å². The van der Waals surface area contributed by atoms with Gasteiger partial charge < -0.3 is 14.8 Å². The number of likely N-dealkylation sites (tertiary alicyclic amines) is 1. The lowest BCUT2D eigenvalue weighted by atomic mass is 9.77. The van der Waals surface area contributed by atoms with Crippen molar-refractivity contribution in [3.63, 3.8) is 0 Å². The van der Waals surface area contributed by atoms with Crippen LogP contribution in [0.25, 0.3) is 0 Å². The molecule has 1 N–H and O–H groups in total. The zero-order valence-corrected chi connectivity index (χ0v) is 14.2. The Bertz CT molecular complexity index is 594. The van der Waals surface area contributed by atoms with Crippen LogP contribution in [-0.4, -0.2) is 40.4 Å². The highest BCUT2D eigenvalue weighted by Gasteiger charge is 2.42. The minimum absolute atomic E-state index is 0.199. The number of hydrogen-bond donors (Lipinski definition) is 1. The maximum atomic E-state index is 12.6. The van der Waals surface area contributed by atoms with Gasteiger partial charge in [0.15, 0.2) is 0 Å². The lowest BCUT2D eigenvalue weighted by Gasteiger charge is -2.35. The van der Waals surface area contributed by atoms with E-state index in [1.54, 1.807) is 0 Å². The maximum absolute atomic E-state index is 12.6. The molecule has 1 aliphatic heterocycles. The van der Waals surface area contributed by atoms with Gasteiger partial charge in [-0.05, 0) is 43.7 Å². The maximum Gasteiger partial charge on any atom is 0.242 e. The van der Waals surface area contributed by atoms with Gasteiger partial charge in [-0.2, -0.15) is 0 Å².